The second kappa shape index (κ2) is 13.7. The number of ether oxygens (including phenoxy) is 1. The number of carbonyl (C=O) groups is 2. The molecule has 0 aliphatic rings. The zero-order valence-corrected chi connectivity index (χ0v) is 22.6. The van der Waals surface area contributed by atoms with E-state index in [0.29, 0.717) is 30.6 Å². The molecule has 0 saturated carbocycles. The van der Waals surface area contributed by atoms with Crippen LogP contribution in [-0.4, -0.2) is 22.2 Å². The maximum atomic E-state index is 13.4. The van der Waals surface area contributed by atoms with Gasteiger partial charge in [-0.05, 0) is 72.7 Å². The number of rotatable bonds is 12. The van der Waals surface area contributed by atoms with E-state index in [9.17, 15) is 27.9 Å². The van der Waals surface area contributed by atoms with E-state index in [1.165, 1.54) is 12.1 Å². The van der Waals surface area contributed by atoms with Gasteiger partial charge in [0.15, 0.2) is 0 Å². The first-order chi connectivity index (χ1) is 20.1. The van der Waals surface area contributed by atoms with Crippen molar-refractivity contribution in [3.05, 3.63) is 142 Å². The molecule has 1 atom stereocenters. The van der Waals surface area contributed by atoms with E-state index in [1.54, 1.807) is 66.7 Å². The van der Waals surface area contributed by atoms with E-state index in [1.807, 2.05) is 24.3 Å². The highest BCUT2D eigenvalue weighted by atomic mass is 19.4. The third-order valence-corrected chi connectivity index (χ3v) is 6.88. The summed E-state index contributed by atoms with van der Waals surface area (Å²) in [5.41, 5.74) is 2.35. The van der Waals surface area contributed by atoms with E-state index in [4.69, 9.17) is 9.84 Å². The molecule has 0 fully saturated rings. The maximum Gasteiger partial charge on any atom is 0.416 e. The average Bonchev–Trinajstić information content (AvgIpc) is 2.98. The van der Waals surface area contributed by atoms with Crippen molar-refractivity contribution in [3.8, 4) is 5.75 Å². The standard InChI is InChI=1S/C34H29F3O5/c35-34(36,37)30-7-3-1-6-29(30)22-42-31-8-4-2-5-26(31)16-13-24(21-25-14-19-28(20-15-25)33(40)41)10-9-23-11-17-27(18-12-23)32(38)39/h1-8,11-20,24H,9-10,21-22H2,(H,38,39)(H,40,41)/b16-13+. The lowest BCUT2D eigenvalue weighted by Crippen LogP contribution is -2.10. The normalized spacial score (nSPS) is 12.3. The quantitative estimate of drug-likeness (QED) is 0.178. The summed E-state index contributed by atoms with van der Waals surface area (Å²) in [6.07, 6.45) is 1.42. The average molecular weight is 575 g/mol. The lowest BCUT2D eigenvalue weighted by atomic mass is 9.91. The van der Waals surface area contributed by atoms with E-state index in [0.717, 1.165) is 17.2 Å². The number of alkyl halides is 3. The molecular formula is C34H29F3O5. The number of aryl methyl sites for hydroxylation is 1. The van der Waals surface area contributed by atoms with Crippen molar-refractivity contribution in [2.24, 2.45) is 5.92 Å². The van der Waals surface area contributed by atoms with Crippen LogP contribution in [0, 0.1) is 5.92 Å². The summed E-state index contributed by atoms with van der Waals surface area (Å²) in [5, 5.41) is 18.4. The Balaban J connectivity index is 1.53. The molecule has 4 aromatic carbocycles. The number of aromatic carboxylic acids is 2. The van der Waals surface area contributed by atoms with Crippen molar-refractivity contribution < 1.29 is 37.7 Å². The molecule has 42 heavy (non-hydrogen) atoms. The van der Waals surface area contributed by atoms with E-state index in [-0.39, 0.29) is 29.2 Å². The zero-order chi connectivity index (χ0) is 30.1. The second-order valence-corrected chi connectivity index (χ2v) is 9.85. The Morgan fingerprint density at radius 2 is 1.33 bits per heavy atom. The Labute approximate surface area is 241 Å². The summed E-state index contributed by atoms with van der Waals surface area (Å²) in [6, 6.07) is 25.8. The molecule has 0 radical (unpaired) electrons. The topological polar surface area (TPSA) is 83.8 Å². The number of allylic oxidation sites excluding steroid dienone is 1. The molecule has 4 rings (SSSR count). The zero-order valence-electron chi connectivity index (χ0n) is 22.6. The molecule has 0 saturated heterocycles. The number of para-hydroxylation sites is 1. The monoisotopic (exact) mass is 574 g/mol. The molecule has 4 aromatic rings. The number of halogens is 3. The molecule has 0 aliphatic carbocycles. The van der Waals surface area contributed by atoms with Gasteiger partial charge in [-0.15, -0.1) is 0 Å². The van der Waals surface area contributed by atoms with Gasteiger partial charge in [0.1, 0.15) is 12.4 Å². The van der Waals surface area contributed by atoms with Crippen LogP contribution < -0.4 is 4.74 Å². The van der Waals surface area contributed by atoms with Gasteiger partial charge in [-0.2, -0.15) is 13.2 Å². The number of benzene rings is 4. The van der Waals surface area contributed by atoms with Crippen molar-refractivity contribution in [2.75, 3.05) is 0 Å². The van der Waals surface area contributed by atoms with Gasteiger partial charge in [0.2, 0.25) is 0 Å². The van der Waals surface area contributed by atoms with Gasteiger partial charge >= 0.3 is 18.1 Å². The van der Waals surface area contributed by atoms with Gasteiger partial charge in [-0.25, -0.2) is 9.59 Å². The first-order valence-corrected chi connectivity index (χ1v) is 13.3. The van der Waals surface area contributed by atoms with Crippen LogP contribution in [0.25, 0.3) is 6.08 Å². The minimum atomic E-state index is -4.48. The van der Waals surface area contributed by atoms with Crippen LogP contribution in [0.3, 0.4) is 0 Å². The lowest BCUT2D eigenvalue weighted by molar-refractivity contribution is -0.138. The van der Waals surface area contributed by atoms with Crippen molar-refractivity contribution in [3.63, 3.8) is 0 Å². The van der Waals surface area contributed by atoms with Crippen LogP contribution in [0.2, 0.25) is 0 Å². The number of hydrogen-bond acceptors (Lipinski definition) is 3. The van der Waals surface area contributed by atoms with Crippen molar-refractivity contribution in [2.45, 2.75) is 32.0 Å². The van der Waals surface area contributed by atoms with Gasteiger partial charge in [-0.1, -0.05) is 72.8 Å². The van der Waals surface area contributed by atoms with Crippen LogP contribution >= 0.6 is 0 Å². The van der Waals surface area contributed by atoms with Gasteiger partial charge in [-0.3, -0.25) is 0 Å². The molecule has 1 unspecified atom stereocenters. The minimum absolute atomic E-state index is 0.0128. The van der Waals surface area contributed by atoms with E-state index in [2.05, 4.69) is 0 Å². The molecule has 0 spiro atoms. The number of carboxylic acids is 2. The Morgan fingerprint density at radius 1 is 0.762 bits per heavy atom. The Bertz CT molecular complexity index is 1540. The van der Waals surface area contributed by atoms with E-state index < -0.39 is 23.7 Å². The fourth-order valence-electron chi connectivity index (χ4n) is 4.59. The fraction of sp³-hybridized carbons (Fsp3) is 0.176. The molecule has 2 N–H and O–H groups in total. The van der Waals surface area contributed by atoms with Crippen LogP contribution in [0.15, 0.2) is 103 Å². The van der Waals surface area contributed by atoms with Crippen LogP contribution in [0.1, 0.15) is 55.0 Å². The lowest BCUT2D eigenvalue weighted by Gasteiger charge is -2.16. The summed E-state index contributed by atoms with van der Waals surface area (Å²) in [7, 11) is 0. The summed E-state index contributed by atoms with van der Waals surface area (Å²) in [4.78, 5) is 22.4. The van der Waals surface area contributed by atoms with Crippen molar-refractivity contribution in [1.82, 2.24) is 0 Å². The summed E-state index contributed by atoms with van der Waals surface area (Å²) >= 11 is 0. The van der Waals surface area contributed by atoms with Gasteiger partial charge < -0.3 is 14.9 Å². The SMILES string of the molecule is O=C(O)c1ccc(CCC(/C=C/c2ccccc2OCc2ccccc2C(F)(F)F)Cc2ccc(C(=O)O)cc2)cc1. The maximum absolute atomic E-state index is 13.4. The molecule has 0 aliphatic heterocycles. The Hall–Kier alpha value is -4.85. The number of hydrogen-bond donors (Lipinski definition) is 2. The molecule has 0 bridgehead atoms. The minimum Gasteiger partial charge on any atom is -0.488 e. The smallest absolute Gasteiger partial charge is 0.416 e. The molecule has 0 aromatic heterocycles. The van der Waals surface area contributed by atoms with Crippen LogP contribution in [-0.2, 0) is 25.6 Å². The molecular weight excluding hydrogens is 545 g/mol. The molecule has 5 nitrogen and oxygen atoms in total. The molecule has 8 heteroatoms. The summed E-state index contributed by atoms with van der Waals surface area (Å²) in [6.45, 7) is -0.244. The Morgan fingerprint density at radius 3 is 1.95 bits per heavy atom. The predicted molar refractivity (Wildman–Crippen MR) is 154 cm³/mol. The first kappa shape index (κ1) is 30.1. The van der Waals surface area contributed by atoms with E-state index >= 15 is 0 Å². The van der Waals surface area contributed by atoms with Crippen molar-refractivity contribution in [1.29, 1.82) is 0 Å². The summed E-state index contributed by atoms with van der Waals surface area (Å²) in [5.74, 6) is -1.54. The second-order valence-electron chi connectivity index (χ2n) is 9.85. The highest BCUT2D eigenvalue weighted by Crippen LogP contribution is 2.33. The molecule has 0 amide bonds. The first-order valence-electron chi connectivity index (χ1n) is 13.3. The fourth-order valence-corrected chi connectivity index (χ4v) is 4.59. The van der Waals surface area contributed by atoms with Gasteiger partial charge in [0.25, 0.3) is 0 Å². The predicted octanol–water partition coefficient (Wildman–Crippen LogP) is 8.19. The molecule has 0 heterocycles. The van der Waals surface area contributed by atoms with Crippen LogP contribution in [0.4, 0.5) is 13.2 Å². The summed E-state index contributed by atoms with van der Waals surface area (Å²) < 4.78 is 46.1. The highest BCUT2D eigenvalue weighted by Gasteiger charge is 2.33. The largest absolute Gasteiger partial charge is 0.488 e. The third-order valence-electron chi connectivity index (χ3n) is 6.88. The third kappa shape index (κ3) is 8.33. The van der Waals surface area contributed by atoms with Gasteiger partial charge in [0.05, 0.1) is 16.7 Å². The Kier molecular flexibility index (Phi) is 9.81. The number of carboxylic acid groups (broad SMARTS) is 2. The molecule has 216 valence electrons. The highest BCUT2D eigenvalue weighted by molar-refractivity contribution is 5.88. The van der Waals surface area contributed by atoms with Crippen LogP contribution in [0.5, 0.6) is 5.75 Å². The van der Waals surface area contributed by atoms with Gasteiger partial charge in [0, 0.05) is 11.1 Å². The van der Waals surface area contributed by atoms with Crippen molar-refractivity contribution >= 4 is 18.0 Å².